The molecule has 1 heterocycles. The molecular weight excluding hydrogens is 320 g/mol. The summed E-state index contributed by atoms with van der Waals surface area (Å²) in [7, 11) is 0. The minimum atomic E-state index is 0.647. The van der Waals surface area contributed by atoms with Gasteiger partial charge in [-0.2, -0.15) is 4.98 Å². The molecule has 0 unspecified atom stereocenters. The Hall–Kier alpha value is -1.35. The van der Waals surface area contributed by atoms with Gasteiger partial charge in [-0.05, 0) is 30.7 Å². The third-order valence-corrected chi connectivity index (χ3v) is 4.57. The van der Waals surface area contributed by atoms with Crippen molar-refractivity contribution in [3.8, 4) is 11.4 Å². The van der Waals surface area contributed by atoms with Crippen molar-refractivity contribution in [2.75, 3.05) is 0 Å². The predicted molar refractivity (Wildman–Crippen MR) is 100 cm³/mol. The van der Waals surface area contributed by atoms with Crippen LogP contribution >= 0.6 is 11.6 Å². The highest BCUT2D eigenvalue weighted by atomic mass is 35.5. The first-order valence-electron chi connectivity index (χ1n) is 9.38. The predicted octanol–water partition coefficient (Wildman–Crippen LogP) is 6.85. The highest BCUT2D eigenvalue weighted by Gasteiger charge is 2.08. The minimum Gasteiger partial charge on any atom is -0.339 e. The highest BCUT2D eigenvalue weighted by molar-refractivity contribution is 6.30. The van der Waals surface area contributed by atoms with Crippen LogP contribution in [-0.4, -0.2) is 10.1 Å². The maximum atomic E-state index is 5.89. The Balaban J connectivity index is 1.56. The zero-order valence-corrected chi connectivity index (χ0v) is 15.5. The molecule has 0 spiro atoms. The van der Waals surface area contributed by atoms with Gasteiger partial charge in [0, 0.05) is 17.0 Å². The van der Waals surface area contributed by atoms with E-state index in [1.165, 1.54) is 57.8 Å². The summed E-state index contributed by atoms with van der Waals surface area (Å²) in [6.07, 6.45) is 14.2. The molecule has 1 aromatic heterocycles. The van der Waals surface area contributed by atoms with Gasteiger partial charge in [-0.25, -0.2) is 0 Å². The van der Waals surface area contributed by atoms with Crippen molar-refractivity contribution in [1.82, 2.24) is 10.1 Å². The van der Waals surface area contributed by atoms with Gasteiger partial charge in [0.1, 0.15) is 0 Å². The normalized spacial score (nSPS) is 11.1. The summed E-state index contributed by atoms with van der Waals surface area (Å²) in [6.45, 7) is 2.27. The Kier molecular flexibility index (Phi) is 8.90. The molecule has 2 rings (SSSR count). The van der Waals surface area contributed by atoms with Gasteiger partial charge in [0.15, 0.2) is 0 Å². The van der Waals surface area contributed by atoms with Crippen molar-refractivity contribution >= 4 is 11.6 Å². The van der Waals surface area contributed by atoms with Crippen molar-refractivity contribution in [2.24, 2.45) is 0 Å². The van der Waals surface area contributed by atoms with E-state index in [0.29, 0.717) is 10.8 Å². The molecule has 0 bridgehead atoms. The van der Waals surface area contributed by atoms with E-state index < -0.39 is 0 Å². The number of hydrogen-bond acceptors (Lipinski definition) is 3. The Morgan fingerprint density at radius 1 is 0.833 bits per heavy atom. The summed E-state index contributed by atoms with van der Waals surface area (Å²) in [5.41, 5.74) is 0.942. The molecule has 0 amide bonds. The van der Waals surface area contributed by atoms with Crippen molar-refractivity contribution in [3.63, 3.8) is 0 Å². The van der Waals surface area contributed by atoms with Crippen molar-refractivity contribution in [3.05, 3.63) is 35.2 Å². The maximum absolute atomic E-state index is 5.89. The first-order chi connectivity index (χ1) is 11.8. The van der Waals surface area contributed by atoms with E-state index in [2.05, 4.69) is 17.1 Å². The fourth-order valence-corrected chi connectivity index (χ4v) is 2.96. The van der Waals surface area contributed by atoms with Gasteiger partial charge in [0.2, 0.25) is 11.7 Å². The lowest BCUT2D eigenvalue weighted by atomic mass is 10.1. The van der Waals surface area contributed by atoms with Gasteiger partial charge in [0.05, 0.1) is 0 Å². The summed E-state index contributed by atoms with van der Waals surface area (Å²) in [5, 5.41) is 4.77. The van der Waals surface area contributed by atoms with Crippen LogP contribution in [0.1, 0.15) is 77.0 Å². The molecule has 0 saturated carbocycles. The smallest absolute Gasteiger partial charge is 0.226 e. The number of aryl methyl sites for hydroxylation is 1. The molecule has 0 aliphatic rings. The van der Waals surface area contributed by atoms with Crippen LogP contribution < -0.4 is 0 Å². The molecule has 0 atom stereocenters. The van der Waals surface area contributed by atoms with Gasteiger partial charge >= 0.3 is 0 Å². The standard InChI is InChI=1S/C20H29ClN2O/c1-2-3-4-5-6-7-8-9-10-11-12-19-22-20(23-24-19)17-13-15-18(21)16-14-17/h13-16H,2-12H2,1H3. The Morgan fingerprint density at radius 3 is 2.04 bits per heavy atom. The van der Waals surface area contributed by atoms with E-state index in [1.807, 2.05) is 24.3 Å². The fraction of sp³-hybridized carbons (Fsp3) is 0.600. The number of nitrogens with zero attached hydrogens (tertiary/aromatic N) is 2. The molecule has 24 heavy (non-hydrogen) atoms. The lowest BCUT2D eigenvalue weighted by Crippen LogP contribution is -1.87. The van der Waals surface area contributed by atoms with Crippen LogP contribution in [0.4, 0.5) is 0 Å². The van der Waals surface area contributed by atoms with Crippen LogP contribution in [0, 0.1) is 0 Å². The molecule has 2 aromatic rings. The summed E-state index contributed by atoms with van der Waals surface area (Å²) in [6, 6.07) is 7.51. The van der Waals surface area contributed by atoms with Crippen LogP contribution in [-0.2, 0) is 6.42 Å². The van der Waals surface area contributed by atoms with E-state index in [-0.39, 0.29) is 0 Å². The van der Waals surface area contributed by atoms with Gasteiger partial charge in [-0.3, -0.25) is 0 Å². The topological polar surface area (TPSA) is 38.9 Å². The molecule has 0 aliphatic carbocycles. The van der Waals surface area contributed by atoms with Crippen molar-refractivity contribution < 1.29 is 4.52 Å². The molecule has 0 aliphatic heterocycles. The van der Waals surface area contributed by atoms with E-state index in [9.17, 15) is 0 Å². The van der Waals surface area contributed by atoms with Crippen LogP contribution in [0.2, 0.25) is 5.02 Å². The second-order valence-electron chi connectivity index (χ2n) is 6.45. The average molecular weight is 349 g/mol. The van der Waals surface area contributed by atoms with E-state index in [1.54, 1.807) is 0 Å². The van der Waals surface area contributed by atoms with Gasteiger partial charge in [0.25, 0.3) is 0 Å². The third-order valence-electron chi connectivity index (χ3n) is 4.31. The number of unbranched alkanes of at least 4 members (excludes halogenated alkanes) is 9. The first-order valence-corrected chi connectivity index (χ1v) is 9.76. The number of hydrogen-bond donors (Lipinski definition) is 0. The molecular formula is C20H29ClN2O. The highest BCUT2D eigenvalue weighted by Crippen LogP contribution is 2.19. The number of halogens is 1. The zero-order chi connectivity index (χ0) is 17.0. The number of rotatable bonds is 12. The number of aromatic nitrogens is 2. The quantitative estimate of drug-likeness (QED) is 0.393. The lowest BCUT2D eigenvalue weighted by Gasteiger charge is -2.01. The van der Waals surface area contributed by atoms with Crippen molar-refractivity contribution in [1.29, 1.82) is 0 Å². The number of benzene rings is 1. The van der Waals surface area contributed by atoms with Gasteiger partial charge < -0.3 is 4.52 Å². The second kappa shape index (κ2) is 11.2. The average Bonchev–Trinajstić information content (AvgIpc) is 3.06. The molecule has 4 heteroatoms. The Labute approximate surface area is 150 Å². The Morgan fingerprint density at radius 2 is 1.42 bits per heavy atom. The van der Waals surface area contributed by atoms with E-state index in [4.69, 9.17) is 16.1 Å². The first kappa shape index (κ1) is 19.0. The summed E-state index contributed by atoms with van der Waals surface area (Å²) >= 11 is 5.89. The van der Waals surface area contributed by atoms with Crippen LogP contribution in [0.15, 0.2) is 28.8 Å². The molecule has 0 N–H and O–H groups in total. The third kappa shape index (κ3) is 7.04. The molecule has 0 fully saturated rings. The SMILES string of the molecule is CCCCCCCCCCCCc1nc(-c2ccc(Cl)cc2)no1. The minimum absolute atomic E-state index is 0.647. The zero-order valence-electron chi connectivity index (χ0n) is 14.8. The summed E-state index contributed by atoms with van der Waals surface area (Å²) in [4.78, 5) is 4.47. The maximum Gasteiger partial charge on any atom is 0.226 e. The largest absolute Gasteiger partial charge is 0.339 e. The molecule has 1 aromatic carbocycles. The summed E-state index contributed by atoms with van der Waals surface area (Å²) in [5.74, 6) is 1.38. The van der Waals surface area contributed by atoms with E-state index in [0.717, 1.165) is 24.3 Å². The van der Waals surface area contributed by atoms with Gasteiger partial charge in [-0.1, -0.05) is 81.5 Å². The van der Waals surface area contributed by atoms with Crippen LogP contribution in [0.5, 0.6) is 0 Å². The monoisotopic (exact) mass is 348 g/mol. The second-order valence-corrected chi connectivity index (χ2v) is 6.89. The molecule has 132 valence electrons. The molecule has 3 nitrogen and oxygen atoms in total. The van der Waals surface area contributed by atoms with Gasteiger partial charge in [-0.15, -0.1) is 0 Å². The fourth-order valence-electron chi connectivity index (χ4n) is 2.84. The van der Waals surface area contributed by atoms with Crippen molar-refractivity contribution in [2.45, 2.75) is 77.6 Å². The van der Waals surface area contributed by atoms with E-state index >= 15 is 0 Å². The molecule has 0 radical (unpaired) electrons. The Bertz CT molecular complexity index is 565. The van der Waals surface area contributed by atoms with Crippen LogP contribution in [0.3, 0.4) is 0 Å². The van der Waals surface area contributed by atoms with Crippen LogP contribution in [0.25, 0.3) is 11.4 Å². The lowest BCUT2D eigenvalue weighted by molar-refractivity contribution is 0.373. The summed E-state index contributed by atoms with van der Waals surface area (Å²) < 4.78 is 5.34. The molecule has 0 saturated heterocycles.